The molecule has 1 aliphatic heterocycles. The van der Waals surface area contributed by atoms with Crippen LogP contribution in [0.3, 0.4) is 0 Å². The molecular formula is C25H21N3O3S. The fourth-order valence-corrected chi connectivity index (χ4v) is 4.18. The Kier molecular flexibility index (Phi) is 5.47. The second-order valence-electron chi connectivity index (χ2n) is 7.28. The van der Waals surface area contributed by atoms with Crippen LogP contribution in [0.4, 0.5) is 5.69 Å². The lowest BCUT2D eigenvalue weighted by atomic mass is 10.0. The summed E-state index contributed by atoms with van der Waals surface area (Å²) in [4.78, 5) is 6.60. The van der Waals surface area contributed by atoms with Gasteiger partial charge in [-0.2, -0.15) is 0 Å². The summed E-state index contributed by atoms with van der Waals surface area (Å²) < 4.78 is 16.9. The van der Waals surface area contributed by atoms with Gasteiger partial charge in [-0.3, -0.25) is 4.98 Å². The van der Waals surface area contributed by atoms with Crippen LogP contribution in [-0.2, 0) is 0 Å². The molecule has 5 rings (SSSR count). The Morgan fingerprint density at radius 2 is 1.62 bits per heavy atom. The molecule has 6 nitrogen and oxygen atoms in total. The molecule has 0 aliphatic carbocycles. The van der Waals surface area contributed by atoms with E-state index in [2.05, 4.69) is 15.2 Å². The standard InChI is InChI=1S/C25H21N3O3S/c1-29-18-11-13-20(14-12-18)31-19-9-7-17(8-10-19)28-24(22-6-4-16-30-22)23(27-25(28)32)21-5-2-3-15-26-21/h2-16,23-24H,1H3,(H,27,32)/t23-,24-/m0/s1. The van der Waals surface area contributed by atoms with Crippen LogP contribution in [0.1, 0.15) is 23.5 Å². The Labute approximate surface area is 191 Å². The summed E-state index contributed by atoms with van der Waals surface area (Å²) in [5, 5.41) is 4.03. The zero-order chi connectivity index (χ0) is 21.9. The second kappa shape index (κ2) is 8.72. The number of hydrogen-bond donors (Lipinski definition) is 1. The van der Waals surface area contributed by atoms with Crippen molar-refractivity contribution >= 4 is 23.0 Å². The van der Waals surface area contributed by atoms with E-state index < -0.39 is 0 Å². The van der Waals surface area contributed by atoms with Gasteiger partial charge in [0.05, 0.1) is 25.1 Å². The topological polar surface area (TPSA) is 59.8 Å². The molecule has 1 aliphatic rings. The van der Waals surface area contributed by atoms with Crippen molar-refractivity contribution < 1.29 is 13.9 Å². The highest BCUT2D eigenvalue weighted by molar-refractivity contribution is 7.80. The first-order chi connectivity index (χ1) is 15.7. The third-order valence-electron chi connectivity index (χ3n) is 5.34. The zero-order valence-corrected chi connectivity index (χ0v) is 18.2. The largest absolute Gasteiger partial charge is 0.497 e. The second-order valence-corrected chi connectivity index (χ2v) is 7.67. The van der Waals surface area contributed by atoms with Crippen LogP contribution in [0.15, 0.2) is 95.7 Å². The van der Waals surface area contributed by atoms with Gasteiger partial charge in [0, 0.05) is 11.9 Å². The highest BCUT2D eigenvalue weighted by Crippen LogP contribution is 2.42. The van der Waals surface area contributed by atoms with E-state index in [-0.39, 0.29) is 12.1 Å². The molecule has 0 radical (unpaired) electrons. The summed E-state index contributed by atoms with van der Waals surface area (Å²) in [6, 6.07) is 24.7. The van der Waals surface area contributed by atoms with Crippen LogP contribution in [0.5, 0.6) is 17.2 Å². The van der Waals surface area contributed by atoms with Crippen molar-refractivity contribution in [2.24, 2.45) is 0 Å². The minimum absolute atomic E-state index is 0.134. The van der Waals surface area contributed by atoms with Crippen LogP contribution in [-0.4, -0.2) is 17.2 Å². The van der Waals surface area contributed by atoms with Crippen molar-refractivity contribution in [1.29, 1.82) is 0 Å². The van der Waals surface area contributed by atoms with Crippen molar-refractivity contribution in [1.82, 2.24) is 10.3 Å². The number of pyridine rings is 1. The molecule has 4 aromatic rings. The van der Waals surface area contributed by atoms with E-state index in [0.717, 1.165) is 34.4 Å². The molecule has 160 valence electrons. The smallest absolute Gasteiger partial charge is 0.174 e. The summed E-state index contributed by atoms with van der Waals surface area (Å²) in [5.74, 6) is 3.06. The van der Waals surface area contributed by atoms with Crippen molar-refractivity contribution in [2.75, 3.05) is 12.0 Å². The number of anilines is 1. The van der Waals surface area contributed by atoms with E-state index in [4.69, 9.17) is 26.1 Å². The van der Waals surface area contributed by atoms with Crippen molar-refractivity contribution in [2.45, 2.75) is 12.1 Å². The van der Waals surface area contributed by atoms with Gasteiger partial charge >= 0.3 is 0 Å². The average Bonchev–Trinajstić information content (AvgIpc) is 3.48. The van der Waals surface area contributed by atoms with Crippen LogP contribution in [0.25, 0.3) is 0 Å². The highest BCUT2D eigenvalue weighted by atomic mass is 32.1. The van der Waals surface area contributed by atoms with Crippen molar-refractivity contribution in [3.63, 3.8) is 0 Å². The molecule has 1 fully saturated rings. The van der Waals surface area contributed by atoms with E-state index >= 15 is 0 Å². The van der Waals surface area contributed by atoms with Gasteiger partial charge in [-0.1, -0.05) is 6.07 Å². The molecule has 0 unspecified atom stereocenters. The van der Waals surface area contributed by atoms with Crippen LogP contribution < -0.4 is 19.7 Å². The fraction of sp³-hybridized carbons (Fsp3) is 0.120. The maximum absolute atomic E-state index is 5.96. The molecule has 2 aromatic heterocycles. The number of nitrogens with zero attached hydrogens (tertiary/aromatic N) is 2. The number of furan rings is 1. The molecule has 0 bridgehead atoms. The quantitative estimate of drug-likeness (QED) is 0.386. The van der Waals surface area contributed by atoms with Gasteiger partial charge in [0.2, 0.25) is 0 Å². The van der Waals surface area contributed by atoms with E-state index in [0.29, 0.717) is 5.11 Å². The summed E-state index contributed by atoms with van der Waals surface area (Å²) in [6.07, 6.45) is 3.46. The number of nitrogens with one attached hydrogen (secondary N) is 1. The number of thiocarbonyl (C=S) groups is 1. The predicted molar refractivity (Wildman–Crippen MR) is 126 cm³/mol. The van der Waals surface area contributed by atoms with E-state index in [1.807, 2.05) is 78.9 Å². The van der Waals surface area contributed by atoms with Gasteiger partial charge in [-0.05, 0) is 85.0 Å². The van der Waals surface area contributed by atoms with E-state index in [1.54, 1.807) is 19.6 Å². The van der Waals surface area contributed by atoms with E-state index in [1.165, 1.54) is 0 Å². The molecule has 32 heavy (non-hydrogen) atoms. The maximum Gasteiger partial charge on any atom is 0.174 e. The van der Waals surface area contributed by atoms with Gasteiger partial charge in [-0.25, -0.2) is 0 Å². The fourth-order valence-electron chi connectivity index (χ4n) is 3.84. The third kappa shape index (κ3) is 3.90. The number of aromatic nitrogens is 1. The summed E-state index contributed by atoms with van der Waals surface area (Å²) in [6.45, 7) is 0. The molecule has 1 saturated heterocycles. The molecular weight excluding hydrogens is 422 g/mol. The minimum atomic E-state index is -0.166. The Morgan fingerprint density at radius 3 is 2.25 bits per heavy atom. The molecule has 3 heterocycles. The van der Waals surface area contributed by atoms with Crippen LogP contribution >= 0.6 is 12.2 Å². The molecule has 7 heteroatoms. The SMILES string of the molecule is COc1ccc(Oc2ccc(N3C(=S)N[C@@H](c4ccccn4)[C@@H]3c3ccco3)cc2)cc1. The van der Waals surface area contributed by atoms with Crippen LogP contribution in [0, 0.1) is 0 Å². The molecule has 0 amide bonds. The summed E-state index contributed by atoms with van der Waals surface area (Å²) >= 11 is 5.71. The highest BCUT2D eigenvalue weighted by Gasteiger charge is 2.42. The first kappa shape index (κ1) is 20.1. The Balaban J connectivity index is 1.42. The van der Waals surface area contributed by atoms with Crippen LogP contribution in [0.2, 0.25) is 0 Å². The van der Waals surface area contributed by atoms with Gasteiger partial charge < -0.3 is 24.1 Å². The lowest BCUT2D eigenvalue weighted by Gasteiger charge is -2.26. The maximum atomic E-state index is 5.96. The van der Waals surface area contributed by atoms with Gasteiger partial charge in [-0.15, -0.1) is 0 Å². The minimum Gasteiger partial charge on any atom is -0.497 e. The number of benzene rings is 2. The van der Waals surface area contributed by atoms with Gasteiger partial charge in [0.15, 0.2) is 5.11 Å². The molecule has 2 aromatic carbocycles. The summed E-state index contributed by atoms with van der Waals surface area (Å²) in [7, 11) is 1.64. The number of ether oxygens (including phenoxy) is 2. The monoisotopic (exact) mass is 443 g/mol. The Bertz CT molecular complexity index is 1180. The Hall–Kier alpha value is -3.84. The third-order valence-corrected chi connectivity index (χ3v) is 5.66. The molecule has 0 spiro atoms. The van der Waals surface area contributed by atoms with Crippen molar-refractivity contribution in [3.05, 3.63) is 103 Å². The lowest BCUT2D eigenvalue weighted by molar-refractivity contribution is 0.413. The number of methoxy groups -OCH3 is 1. The first-order valence-electron chi connectivity index (χ1n) is 10.2. The molecule has 0 saturated carbocycles. The molecule has 1 N–H and O–H groups in total. The number of rotatable bonds is 6. The predicted octanol–water partition coefficient (Wildman–Crippen LogP) is 5.65. The molecule has 2 atom stereocenters. The summed E-state index contributed by atoms with van der Waals surface area (Å²) in [5.41, 5.74) is 1.84. The first-order valence-corrected chi connectivity index (χ1v) is 10.6. The van der Waals surface area contributed by atoms with Gasteiger partial charge in [0.1, 0.15) is 29.1 Å². The zero-order valence-electron chi connectivity index (χ0n) is 17.3. The normalized spacial score (nSPS) is 17.8. The number of hydrogen-bond acceptors (Lipinski definition) is 5. The van der Waals surface area contributed by atoms with Gasteiger partial charge in [0.25, 0.3) is 0 Å². The lowest BCUT2D eigenvalue weighted by Crippen LogP contribution is -2.29. The Morgan fingerprint density at radius 1 is 0.906 bits per heavy atom. The van der Waals surface area contributed by atoms with Crippen molar-refractivity contribution in [3.8, 4) is 17.2 Å². The average molecular weight is 444 g/mol. The van der Waals surface area contributed by atoms with E-state index in [9.17, 15) is 0 Å².